The summed E-state index contributed by atoms with van der Waals surface area (Å²) in [5.74, 6) is -0.824. The molecule has 1 atom stereocenters. The van der Waals surface area contributed by atoms with Crippen LogP contribution in [0.2, 0.25) is 0 Å². The van der Waals surface area contributed by atoms with E-state index in [9.17, 15) is 9.18 Å². The van der Waals surface area contributed by atoms with Crippen LogP contribution in [0, 0.1) is 10.6 Å². The summed E-state index contributed by atoms with van der Waals surface area (Å²) in [7, 11) is 0. The number of hydrogen-bond acceptors (Lipinski definition) is 3. The van der Waals surface area contributed by atoms with Crippen molar-refractivity contribution in [1.82, 2.24) is 20.2 Å². The molecule has 1 aliphatic heterocycles. The predicted molar refractivity (Wildman–Crippen MR) is 115 cm³/mol. The van der Waals surface area contributed by atoms with Crippen LogP contribution in [0.1, 0.15) is 47.7 Å². The zero-order chi connectivity index (χ0) is 20.4. The Morgan fingerprint density at radius 3 is 2.72 bits per heavy atom. The normalized spacial score (nSPS) is 17.5. The highest BCUT2D eigenvalue weighted by molar-refractivity contribution is 7.71. The lowest BCUT2D eigenvalue weighted by molar-refractivity contribution is 0.0952. The second kappa shape index (κ2) is 8.47. The molecule has 0 aliphatic carbocycles. The van der Waals surface area contributed by atoms with Gasteiger partial charge in [-0.1, -0.05) is 30.7 Å². The van der Waals surface area contributed by atoms with Crippen LogP contribution in [0.25, 0.3) is 11.0 Å². The lowest BCUT2D eigenvalue weighted by Gasteiger charge is -2.33. The third-order valence-corrected chi connectivity index (χ3v) is 5.84. The summed E-state index contributed by atoms with van der Waals surface area (Å²) in [4.78, 5) is 20.9. The van der Waals surface area contributed by atoms with Crippen molar-refractivity contribution in [1.29, 1.82) is 0 Å². The van der Waals surface area contributed by atoms with Gasteiger partial charge in [0.25, 0.3) is 5.91 Å². The van der Waals surface area contributed by atoms with E-state index in [0.717, 1.165) is 18.7 Å². The van der Waals surface area contributed by atoms with Crippen molar-refractivity contribution < 1.29 is 9.18 Å². The molecular formula is C22H25FN4OS. The number of carbonyl (C=O) groups is 1. The number of rotatable bonds is 5. The van der Waals surface area contributed by atoms with Crippen molar-refractivity contribution in [2.45, 2.75) is 45.3 Å². The molecule has 1 amide bonds. The third-order valence-electron chi connectivity index (χ3n) is 5.64. The molecule has 4 rings (SSSR count). The van der Waals surface area contributed by atoms with Crippen LogP contribution in [0.5, 0.6) is 0 Å². The van der Waals surface area contributed by atoms with Crippen LogP contribution in [0.3, 0.4) is 0 Å². The molecule has 1 saturated heterocycles. The SMILES string of the molecule is CC1CCCCN1Cc1ccc(CNC(=O)c2cc(F)cc3[nH]c(=S)[nH]c23)cc1. The van der Waals surface area contributed by atoms with Crippen LogP contribution < -0.4 is 5.32 Å². The molecule has 3 N–H and O–H groups in total. The molecule has 2 heterocycles. The Bertz CT molecular complexity index is 1070. The van der Waals surface area contributed by atoms with E-state index in [1.165, 1.54) is 37.0 Å². The Morgan fingerprint density at radius 1 is 1.21 bits per heavy atom. The monoisotopic (exact) mass is 412 g/mol. The molecule has 1 unspecified atom stereocenters. The molecule has 2 aromatic carbocycles. The van der Waals surface area contributed by atoms with E-state index in [2.05, 4.69) is 39.2 Å². The molecule has 0 bridgehead atoms. The Hall–Kier alpha value is -2.51. The molecule has 1 aromatic heterocycles. The number of piperidine rings is 1. The summed E-state index contributed by atoms with van der Waals surface area (Å²) < 4.78 is 14.2. The van der Waals surface area contributed by atoms with Crippen molar-refractivity contribution in [3.63, 3.8) is 0 Å². The van der Waals surface area contributed by atoms with Gasteiger partial charge in [0.2, 0.25) is 0 Å². The first-order valence-electron chi connectivity index (χ1n) is 10.0. The summed E-state index contributed by atoms with van der Waals surface area (Å²) >= 11 is 5.05. The molecule has 0 radical (unpaired) electrons. The van der Waals surface area contributed by atoms with Gasteiger partial charge in [-0.3, -0.25) is 9.69 Å². The van der Waals surface area contributed by atoms with Gasteiger partial charge in [-0.15, -0.1) is 0 Å². The molecule has 0 saturated carbocycles. The minimum Gasteiger partial charge on any atom is -0.348 e. The Morgan fingerprint density at radius 2 is 1.97 bits per heavy atom. The van der Waals surface area contributed by atoms with Gasteiger partial charge < -0.3 is 15.3 Å². The predicted octanol–water partition coefficient (Wildman–Crippen LogP) is 4.67. The van der Waals surface area contributed by atoms with Gasteiger partial charge >= 0.3 is 0 Å². The molecule has 1 aliphatic rings. The first-order valence-corrected chi connectivity index (χ1v) is 10.4. The number of nitrogens with zero attached hydrogens (tertiary/aromatic N) is 1. The van der Waals surface area contributed by atoms with Gasteiger partial charge in [0.05, 0.1) is 16.6 Å². The molecule has 152 valence electrons. The van der Waals surface area contributed by atoms with Crippen LogP contribution in [-0.2, 0) is 13.1 Å². The highest BCUT2D eigenvalue weighted by Gasteiger charge is 2.18. The van der Waals surface area contributed by atoms with E-state index in [4.69, 9.17) is 12.2 Å². The van der Waals surface area contributed by atoms with Gasteiger partial charge in [-0.05, 0) is 61.8 Å². The maximum absolute atomic E-state index is 13.8. The maximum Gasteiger partial charge on any atom is 0.253 e. The molecule has 1 fully saturated rings. The number of halogens is 1. The summed E-state index contributed by atoms with van der Waals surface area (Å²) in [5, 5.41) is 2.87. The van der Waals surface area contributed by atoms with Crippen molar-refractivity contribution in [2.24, 2.45) is 0 Å². The number of amides is 1. The van der Waals surface area contributed by atoms with E-state index in [0.29, 0.717) is 28.4 Å². The molecule has 7 heteroatoms. The fraction of sp³-hybridized carbons (Fsp3) is 0.364. The van der Waals surface area contributed by atoms with Gasteiger partial charge in [0.1, 0.15) is 5.82 Å². The van der Waals surface area contributed by atoms with E-state index in [1.807, 2.05) is 12.1 Å². The number of aromatic amines is 2. The number of H-pyrrole nitrogens is 2. The summed E-state index contributed by atoms with van der Waals surface area (Å²) in [6, 6.07) is 11.5. The van der Waals surface area contributed by atoms with Crippen molar-refractivity contribution in [3.05, 3.63) is 63.7 Å². The van der Waals surface area contributed by atoms with Gasteiger partial charge in [-0.25, -0.2) is 4.39 Å². The number of likely N-dealkylation sites (tertiary alicyclic amines) is 1. The van der Waals surface area contributed by atoms with E-state index < -0.39 is 5.82 Å². The fourth-order valence-corrected chi connectivity index (χ4v) is 4.17. The third kappa shape index (κ3) is 4.57. The smallest absolute Gasteiger partial charge is 0.253 e. The molecule has 5 nitrogen and oxygen atoms in total. The topological polar surface area (TPSA) is 63.9 Å². The highest BCUT2D eigenvalue weighted by atomic mass is 32.1. The number of aromatic nitrogens is 2. The number of imidazole rings is 1. The lowest BCUT2D eigenvalue weighted by atomic mass is 10.0. The fourth-order valence-electron chi connectivity index (χ4n) is 3.95. The maximum atomic E-state index is 13.8. The van der Waals surface area contributed by atoms with Gasteiger partial charge in [-0.2, -0.15) is 0 Å². The van der Waals surface area contributed by atoms with E-state index in [1.54, 1.807) is 0 Å². The Balaban J connectivity index is 1.40. The number of carbonyl (C=O) groups excluding carboxylic acids is 1. The first kappa shape index (κ1) is 19.8. The molecule has 3 aromatic rings. The summed E-state index contributed by atoms with van der Waals surface area (Å²) in [5.41, 5.74) is 3.52. The Labute approximate surface area is 174 Å². The zero-order valence-electron chi connectivity index (χ0n) is 16.4. The van der Waals surface area contributed by atoms with E-state index >= 15 is 0 Å². The minimum absolute atomic E-state index is 0.239. The summed E-state index contributed by atoms with van der Waals surface area (Å²) in [6.45, 7) is 4.79. The minimum atomic E-state index is -0.482. The van der Waals surface area contributed by atoms with E-state index in [-0.39, 0.29) is 11.5 Å². The van der Waals surface area contributed by atoms with Crippen molar-refractivity contribution >= 4 is 29.2 Å². The average molecular weight is 413 g/mol. The van der Waals surface area contributed by atoms with Crippen molar-refractivity contribution in [3.8, 4) is 0 Å². The molecular weight excluding hydrogens is 387 g/mol. The first-order chi connectivity index (χ1) is 14.0. The standard InChI is InChI=1S/C22H25FN4OS/c1-14-4-2-3-9-27(14)13-16-7-5-15(6-8-16)12-24-21(28)18-10-17(23)11-19-20(18)26-22(29)25-19/h5-8,10-11,14H,2-4,9,12-13H2,1H3,(H,24,28)(H2,25,26,29). The average Bonchev–Trinajstić information content (AvgIpc) is 3.08. The second-order valence-corrected chi connectivity index (χ2v) is 8.18. The number of fused-ring (bicyclic) bond motifs is 1. The largest absolute Gasteiger partial charge is 0.348 e. The van der Waals surface area contributed by atoms with Gasteiger partial charge in [0, 0.05) is 19.1 Å². The summed E-state index contributed by atoms with van der Waals surface area (Å²) in [6.07, 6.45) is 3.86. The molecule has 0 spiro atoms. The van der Waals surface area contributed by atoms with Crippen molar-refractivity contribution in [2.75, 3.05) is 6.54 Å². The number of nitrogens with one attached hydrogen (secondary N) is 3. The van der Waals surface area contributed by atoms with Crippen LogP contribution in [-0.4, -0.2) is 33.4 Å². The second-order valence-electron chi connectivity index (χ2n) is 7.77. The lowest BCUT2D eigenvalue weighted by Crippen LogP contribution is -2.36. The quantitative estimate of drug-likeness (QED) is 0.534. The van der Waals surface area contributed by atoms with Crippen LogP contribution in [0.4, 0.5) is 4.39 Å². The zero-order valence-corrected chi connectivity index (χ0v) is 17.2. The van der Waals surface area contributed by atoms with Gasteiger partial charge in [0.15, 0.2) is 4.77 Å². The highest BCUT2D eigenvalue weighted by Crippen LogP contribution is 2.20. The molecule has 29 heavy (non-hydrogen) atoms. The number of hydrogen-bond donors (Lipinski definition) is 3. The number of benzene rings is 2. The Kier molecular flexibility index (Phi) is 5.78. The van der Waals surface area contributed by atoms with Crippen LogP contribution >= 0.6 is 12.2 Å². The van der Waals surface area contributed by atoms with Crippen LogP contribution in [0.15, 0.2) is 36.4 Å².